The van der Waals surface area contributed by atoms with Crippen LogP contribution in [-0.2, 0) is 20.0 Å². The lowest BCUT2D eigenvalue weighted by Gasteiger charge is -2.15. The Balaban J connectivity index is 2.06. The van der Waals surface area contributed by atoms with Gasteiger partial charge in [-0.3, -0.25) is 4.68 Å². The van der Waals surface area contributed by atoms with Gasteiger partial charge in [0.2, 0.25) is 0 Å². The van der Waals surface area contributed by atoms with Crippen molar-refractivity contribution in [3.05, 3.63) is 41.2 Å². The Bertz CT molecular complexity index is 593. The van der Waals surface area contributed by atoms with Crippen LogP contribution in [0.15, 0.2) is 24.4 Å². The Morgan fingerprint density at radius 2 is 2.10 bits per heavy atom. The van der Waals surface area contributed by atoms with Gasteiger partial charge in [0.25, 0.3) is 0 Å². The molecule has 108 valence electrons. The average Bonchev–Trinajstić information content (AvgIpc) is 2.76. The summed E-state index contributed by atoms with van der Waals surface area (Å²) in [5, 5.41) is 26.9. The molecule has 0 aliphatic rings. The molecule has 1 unspecified atom stereocenters. The first-order valence-electron chi connectivity index (χ1n) is 6.78. The number of aromatic hydroxyl groups is 2. The number of aryl methyl sites for hydroxylation is 2. The molecular formula is C15H21N3O2. The number of hydrogen-bond donors (Lipinski definition) is 3. The summed E-state index contributed by atoms with van der Waals surface area (Å²) in [6.45, 7) is 4.76. The fourth-order valence-corrected chi connectivity index (χ4v) is 2.30. The van der Waals surface area contributed by atoms with Gasteiger partial charge < -0.3 is 15.5 Å². The maximum absolute atomic E-state index is 9.85. The molecule has 0 aliphatic carbocycles. The summed E-state index contributed by atoms with van der Waals surface area (Å²) < 4.78 is 1.82. The maximum atomic E-state index is 9.85. The van der Waals surface area contributed by atoms with E-state index in [0.29, 0.717) is 6.54 Å². The van der Waals surface area contributed by atoms with Gasteiger partial charge in [-0.1, -0.05) is 13.0 Å². The Kier molecular flexibility index (Phi) is 4.29. The minimum atomic E-state index is -0.0134. The van der Waals surface area contributed by atoms with Crippen LogP contribution in [0.5, 0.6) is 11.5 Å². The fourth-order valence-electron chi connectivity index (χ4n) is 2.30. The van der Waals surface area contributed by atoms with Crippen molar-refractivity contribution in [3.63, 3.8) is 0 Å². The van der Waals surface area contributed by atoms with Crippen LogP contribution in [0.2, 0.25) is 0 Å². The molecule has 0 radical (unpaired) electrons. The maximum Gasteiger partial charge on any atom is 0.124 e. The predicted molar refractivity (Wildman–Crippen MR) is 77.6 cm³/mol. The lowest BCUT2D eigenvalue weighted by atomic mass is 10.1. The predicted octanol–water partition coefficient (Wildman–Crippen LogP) is 2.24. The summed E-state index contributed by atoms with van der Waals surface area (Å²) in [7, 11) is 1.91. The van der Waals surface area contributed by atoms with E-state index >= 15 is 0 Å². The van der Waals surface area contributed by atoms with Crippen molar-refractivity contribution in [2.75, 3.05) is 0 Å². The Morgan fingerprint density at radius 3 is 2.75 bits per heavy atom. The van der Waals surface area contributed by atoms with Crippen LogP contribution in [0, 0.1) is 0 Å². The van der Waals surface area contributed by atoms with E-state index in [1.165, 1.54) is 11.6 Å². The van der Waals surface area contributed by atoms with Crippen LogP contribution in [-0.4, -0.2) is 20.0 Å². The molecule has 1 aromatic carbocycles. The van der Waals surface area contributed by atoms with Crippen LogP contribution < -0.4 is 5.32 Å². The van der Waals surface area contributed by atoms with Crippen LogP contribution in [0.3, 0.4) is 0 Å². The Labute approximate surface area is 118 Å². The molecule has 0 saturated heterocycles. The molecule has 1 aromatic heterocycles. The Morgan fingerprint density at radius 1 is 1.35 bits per heavy atom. The largest absolute Gasteiger partial charge is 0.508 e. The van der Waals surface area contributed by atoms with Gasteiger partial charge in [-0.05, 0) is 19.4 Å². The van der Waals surface area contributed by atoms with E-state index in [2.05, 4.69) is 17.3 Å². The molecule has 2 aromatic rings. The van der Waals surface area contributed by atoms with Gasteiger partial charge in [0, 0.05) is 43.0 Å². The highest BCUT2D eigenvalue weighted by Gasteiger charge is 2.12. The Hall–Kier alpha value is -2.01. The first kappa shape index (κ1) is 14.4. The van der Waals surface area contributed by atoms with Crippen molar-refractivity contribution < 1.29 is 10.2 Å². The highest BCUT2D eigenvalue weighted by atomic mass is 16.3. The number of hydrogen-bond acceptors (Lipinski definition) is 4. The van der Waals surface area contributed by atoms with Gasteiger partial charge in [0.05, 0.1) is 5.69 Å². The molecule has 5 nitrogen and oxygen atoms in total. The van der Waals surface area contributed by atoms with Crippen molar-refractivity contribution in [1.82, 2.24) is 15.1 Å². The second-order valence-corrected chi connectivity index (χ2v) is 4.97. The van der Waals surface area contributed by atoms with E-state index in [1.54, 1.807) is 12.1 Å². The third-order valence-corrected chi connectivity index (χ3v) is 3.41. The molecule has 1 atom stereocenters. The second-order valence-electron chi connectivity index (χ2n) is 4.97. The zero-order valence-corrected chi connectivity index (χ0v) is 12.1. The molecule has 1 heterocycles. The summed E-state index contributed by atoms with van der Waals surface area (Å²) in [5.41, 5.74) is 3.02. The molecule has 0 saturated carbocycles. The molecule has 0 fully saturated rings. The normalized spacial score (nSPS) is 12.6. The zero-order chi connectivity index (χ0) is 14.7. The van der Waals surface area contributed by atoms with Crippen molar-refractivity contribution in [2.24, 2.45) is 7.05 Å². The molecule has 0 spiro atoms. The highest BCUT2D eigenvalue weighted by molar-refractivity contribution is 5.40. The minimum Gasteiger partial charge on any atom is -0.508 e. The van der Waals surface area contributed by atoms with Crippen LogP contribution >= 0.6 is 0 Å². The quantitative estimate of drug-likeness (QED) is 0.782. The lowest BCUT2D eigenvalue weighted by Crippen LogP contribution is -2.18. The first-order chi connectivity index (χ1) is 9.51. The number of benzene rings is 1. The van der Waals surface area contributed by atoms with Crippen molar-refractivity contribution in [2.45, 2.75) is 32.9 Å². The molecule has 3 N–H and O–H groups in total. The minimum absolute atomic E-state index is 0.0134. The molecule has 0 aliphatic heterocycles. The van der Waals surface area contributed by atoms with Gasteiger partial charge in [0.15, 0.2) is 0 Å². The summed E-state index contributed by atoms with van der Waals surface area (Å²) in [6, 6.07) is 4.65. The average molecular weight is 275 g/mol. The van der Waals surface area contributed by atoms with Gasteiger partial charge in [-0.25, -0.2) is 0 Å². The number of phenolic OH excluding ortho intramolecular Hbond substituents is 2. The van der Waals surface area contributed by atoms with Gasteiger partial charge in [0.1, 0.15) is 11.5 Å². The zero-order valence-electron chi connectivity index (χ0n) is 12.1. The van der Waals surface area contributed by atoms with E-state index in [-0.39, 0.29) is 17.5 Å². The molecule has 20 heavy (non-hydrogen) atoms. The second kappa shape index (κ2) is 5.96. The van der Waals surface area contributed by atoms with Crippen molar-refractivity contribution >= 4 is 0 Å². The van der Waals surface area contributed by atoms with Gasteiger partial charge in [-0.15, -0.1) is 0 Å². The number of aromatic nitrogens is 2. The van der Waals surface area contributed by atoms with Crippen LogP contribution in [0.1, 0.15) is 36.7 Å². The smallest absolute Gasteiger partial charge is 0.124 e. The van der Waals surface area contributed by atoms with E-state index in [4.69, 9.17) is 0 Å². The van der Waals surface area contributed by atoms with Crippen LogP contribution in [0.4, 0.5) is 0 Å². The summed E-state index contributed by atoms with van der Waals surface area (Å²) in [4.78, 5) is 0. The van der Waals surface area contributed by atoms with E-state index in [9.17, 15) is 10.2 Å². The van der Waals surface area contributed by atoms with Crippen LogP contribution in [0.25, 0.3) is 0 Å². The van der Waals surface area contributed by atoms with E-state index in [0.717, 1.165) is 17.7 Å². The van der Waals surface area contributed by atoms with Crippen molar-refractivity contribution in [3.8, 4) is 11.5 Å². The van der Waals surface area contributed by atoms with Gasteiger partial charge in [-0.2, -0.15) is 5.10 Å². The number of nitrogens with one attached hydrogen (secondary N) is 1. The number of phenols is 2. The fraction of sp³-hybridized carbons (Fsp3) is 0.400. The summed E-state index contributed by atoms with van der Waals surface area (Å²) in [5.74, 6) is 0.172. The van der Waals surface area contributed by atoms with E-state index < -0.39 is 0 Å². The topological polar surface area (TPSA) is 70.3 Å². The standard InChI is InChI=1S/C15H21N3O2/c1-4-14-11(9-18(3)17-14)8-16-10(2)13-6-5-12(19)7-15(13)20/h5-7,9-10,16,19-20H,4,8H2,1-3H3. The van der Waals surface area contributed by atoms with E-state index in [1.807, 2.05) is 24.9 Å². The van der Waals surface area contributed by atoms with Crippen molar-refractivity contribution in [1.29, 1.82) is 0 Å². The molecular weight excluding hydrogens is 254 g/mol. The number of nitrogens with zero attached hydrogens (tertiary/aromatic N) is 2. The number of rotatable bonds is 5. The SMILES string of the molecule is CCc1nn(C)cc1CNC(C)c1ccc(O)cc1O. The molecule has 2 rings (SSSR count). The monoisotopic (exact) mass is 275 g/mol. The molecule has 5 heteroatoms. The third kappa shape index (κ3) is 3.11. The summed E-state index contributed by atoms with van der Waals surface area (Å²) in [6.07, 6.45) is 2.91. The first-order valence-corrected chi connectivity index (χ1v) is 6.78. The summed E-state index contributed by atoms with van der Waals surface area (Å²) >= 11 is 0. The molecule has 0 amide bonds. The molecule has 0 bridgehead atoms. The lowest BCUT2D eigenvalue weighted by molar-refractivity contribution is 0.436. The van der Waals surface area contributed by atoms with Gasteiger partial charge >= 0.3 is 0 Å². The third-order valence-electron chi connectivity index (χ3n) is 3.41. The highest BCUT2D eigenvalue weighted by Crippen LogP contribution is 2.27.